The molecule has 2 aliphatic heterocycles. The lowest BCUT2D eigenvalue weighted by Gasteiger charge is -2.49. The first kappa shape index (κ1) is 49.7. The Bertz CT molecular complexity index is 1730. The van der Waals surface area contributed by atoms with Gasteiger partial charge in [0, 0.05) is 25.3 Å². The Kier molecular flexibility index (Phi) is 17.2. The van der Waals surface area contributed by atoms with Crippen molar-refractivity contribution in [2.45, 2.75) is 142 Å². The van der Waals surface area contributed by atoms with Crippen LogP contribution in [0.5, 0.6) is 0 Å². The van der Waals surface area contributed by atoms with Gasteiger partial charge in [-0.3, -0.25) is 9.59 Å². The van der Waals surface area contributed by atoms with Crippen LogP contribution in [0.2, 0.25) is 0 Å². The zero-order chi connectivity index (χ0) is 45.2. The Morgan fingerprint density at radius 2 is 1.65 bits per heavy atom. The number of allylic oxidation sites excluding steroid dienone is 1. The molecule has 0 aliphatic carbocycles. The van der Waals surface area contributed by atoms with Gasteiger partial charge in [-0.1, -0.05) is 84.0 Å². The molecule has 0 aromatic heterocycles. The number of ether oxygens (including phenoxy) is 7. The van der Waals surface area contributed by atoms with Gasteiger partial charge < -0.3 is 48.5 Å². The SMILES string of the molecule is C=C(CCC12OC(C(=O)OCCC)C(O)(C(=O)OCOC(=O)C(C)(C)C)C(C(=O)O)(O1)[C@H](OC(=O)/C=C/[C@@H](C)C[C@@H](C)CC)[C@H]2O)[C@@H](OC(C)=O)[C@H](C)Cc1ccccc1. The second kappa shape index (κ2) is 20.8. The van der Waals surface area contributed by atoms with Crippen LogP contribution in [0, 0.1) is 23.2 Å². The molecule has 1 aromatic rings. The van der Waals surface area contributed by atoms with Crippen molar-refractivity contribution in [3.63, 3.8) is 0 Å². The first-order chi connectivity index (χ1) is 28.0. The third kappa shape index (κ3) is 11.2. The van der Waals surface area contributed by atoms with E-state index in [1.807, 2.05) is 58.0 Å². The highest BCUT2D eigenvalue weighted by molar-refractivity contribution is 5.99. The van der Waals surface area contributed by atoms with E-state index < -0.39 is 95.8 Å². The number of aliphatic hydroxyl groups is 2. The maximum absolute atomic E-state index is 14.1. The van der Waals surface area contributed by atoms with Crippen LogP contribution < -0.4 is 0 Å². The Morgan fingerprint density at radius 3 is 2.22 bits per heavy atom. The highest BCUT2D eigenvalue weighted by Gasteiger charge is 2.86. The molecule has 60 heavy (non-hydrogen) atoms. The van der Waals surface area contributed by atoms with Crippen LogP contribution in [0.15, 0.2) is 54.6 Å². The Hall–Kier alpha value is -4.64. The first-order valence-electron chi connectivity index (χ1n) is 20.3. The topological polar surface area (TPSA) is 228 Å². The van der Waals surface area contributed by atoms with Crippen molar-refractivity contribution >= 4 is 35.8 Å². The standard InChI is InChI=1S/C44H62O16/c1-11-22-54-37(48)36-43(53,40(52)56-25-55-39(51)41(8,9)10)44(38(49)50)35(58-32(46)19-18-27(4)23-26(3)12-2)34(47)42(59-36,60-44)21-20-28(5)33(57-30(7)45)29(6)24-31-16-14-13-15-17-31/h13-19,26-27,29,33-36,47,53H,5,11-12,20-25H2,1-4,6-10H3,(H,49,50)/b19-18+/t26-,27+,29+,33+,34+,35+,36?,42?,43?,44?/m0/s1. The van der Waals surface area contributed by atoms with Crippen LogP contribution in [-0.4, -0.2) is 106 Å². The second-order valence-corrected chi connectivity index (χ2v) is 16.9. The average molecular weight is 847 g/mol. The van der Waals surface area contributed by atoms with Crippen molar-refractivity contribution in [1.82, 2.24) is 0 Å². The van der Waals surface area contributed by atoms with Crippen LogP contribution in [0.1, 0.15) is 100.0 Å². The minimum atomic E-state index is -3.77. The van der Waals surface area contributed by atoms with Gasteiger partial charge in [0.05, 0.1) is 12.0 Å². The summed E-state index contributed by atoms with van der Waals surface area (Å²) in [6.45, 7) is 17.8. The number of esters is 5. The van der Waals surface area contributed by atoms with Gasteiger partial charge in [-0.05, 0) is 69.4 Å². The summed E-state index contributed by atoms with van der Waals surface area (Å²) in [5.41, 5.74) is -7.15. The molecular weight excluding hydrogens is 784 g/mol. The molecular formula is C44H62O16. The van der Waals surface area contributed by atoms with E-state index in [1.165, 1.54) is 33.8 Å². The van der Waals surface area contributed by atoms with Gasteiger partial charge in [0.15, 0.2) is 6.10 Å². The van der Waals surface area contributed by atoms with Crippen molar-refractivity contribution < 1.29 is 77.2 Å². The summed E-state index contributed by atoms with van der Waals surface area (Å²) in [5.74, 6) is -11.0. The van der Waals surface area contributed by atoms with E-state index in [2.05, 4.69) is 6.58 Å². The highest BCUT2D eigenvalue weighted by Crippen LogP contribution is 2.56. The number of carboxylic acid groups (broad SMARTS) is 1. The molecule has 1 aromatic carbocycles. The lowest BCUT2D eigenvalue weighted by atomic mass is 9.74. The third-order valence-electron chi connectivity index (χ3n) is 10.7. The molecule has 2 aliphatic rings. The maximum atomic E-state index is 14.1. The number of rotatable bonds is 21. The molecule has 3 rings (SSSR count). The summed E-state index contributed by atoms with van der Waals surface area (Å²) >= 11 is 0. The van der Waals surface area contributed by atoms with Gasteiger partial charge in [-0.25, -0.2) is 19.2 Å². The summed E-state index contributed by atoms with van der Waals surface area (Å²) in [6, 6.07) is 9.36. The molecule has 334 valence electrons. The number of aliphatic hydroxyl groups excluding tert-OH is 1. The number of fused-ring (bicyclic) bond motifs is 2. The summed E-state index contributed by atoms with van der Waals surface area (Å²) in [4.78, 5) is 79.9. The second-order valence-electron chi connectivity index (χ2n) is 16.9. The minimum Gasteiger partial charge on any atom is -0.479 e. The Morgan fingerprint density at radius 1 is 1.00 bits per heavy atom. The van der Waals surface area contributed by atoms with E-state index in [0.29, 0.717) is 18.8 Å². The van der Waals surface area contributed by atoms with Crippen LogP contribution in [0.3, 0.4) is 0 Å². The van der Waals surface area contributed by atoms with Crippen LogP contribution in [0.25, 0.3) is 0 Å². The van der Waals surface area contributed by atoms with Gasteiger partial charge >= 0.3 is 35.8 Å². The molecule has 0 saturated carbocycles. The molecule has 2 saturated heterocycles. The number of aliphatic carboxylic acids is 1. The van der Waals surface area contributed by atoms with Gasteiger partial charge in [-0.15, -0.1) is 0 Å². The van der Waals surface area contributed by atoms with Crippen molar-refractivity contribution in [1.29, 1.82) is 0 Å². The predicted molar refractivity (Wildman–Crippen MR) is 213 cm³/mol. The molecule has 16 nitrogen and oxygen atoms in total. The molecule has 2 bridgehead atoms. The molecule has 2 fully saturated rings. The van der Waals surface area contributed by atoms with Crippen LogP contribution in [-0.2, 0) is 68.3 Å². The fraction of sp³-hybridized carbons (Fsp3) is 0.636. The normalized spacial score (nSPS) is 26.9. The zero-order valence-corrected chi connectivity index (χ0v) is 36.1. The lowest BCUT2D eigenvalue weighted by Crippen LogP contribution is -2.78. The number of hydrogen-bond donors (Lipinski definition) is 3. The number of carbonyl (C=O) groups is 6. The monoisotopic (exact) mass is 846 g/mol. The van der Waals surface area contributed by atoms with E-state index in [9.17, 15) is 44.1 Å². The van der Waals surface area contributed by atoms with Crippen molar-refractivity contribution in [2.75, 3.05) is 13.4 Å². The van der Waals surface area contributed by atoms with E-state index in [1.54, 1.807) is 6.92 Å². The molecule has 0 radical (unpaired) electrons. The maximum Gasteiger partial charge on any atom is 0.348 e. The van der Waals surface area contributed by atoms with Crippen molar-refractivity contribution in [3.8, 4) is 0 Å². The molecule has 2 heterocycles. The van der Waals surface area contributed by atoms with E-state index >= 15 is 0 Å². The summed E-state index contributed by atoms with van der Waals surface area (Å²) < 4.78 is 38.7. The van der Waals surface area contributed by atoms with Gasteiger partial charge in [0.1, 0.15) is 12.2 Å². The number of benzene rings is 1. The fourth-order valence-corrected chi connectivity index (χ4v) is 7.30. The predicted octanol–water partition coefficient (Wildman–Crippen LogP) is 4.76. The molecule has 0 amide bonds. The molecule has 10 atom stereocenters. The number of carbonyl (C=O) groups excluding carboxylic acids is 5. The lowest BCUT2D eigenvalue weighted by molar-refractivity contribution is -0.375. The van der Waals surface area contributed by atoms with E-state index in [4.69, 9.17) is 33.2 Å². The largest absolute Gasteiger partial charge is 0.479 e. The Labute approximate surface area is 351 Å². The van der Waals surface area contributed by atoms with Gasteiger partial charge in [0.2, 0.25) is 29.9 Å². The molecule has 16 heteroatoms. The van der Waals surface area contributed by atoms with Crippen LogP contribution >= 0.6 is 0 Å². The average Bonchev–Trinajstić information content (AvgIpc) is 3.40. The van der Waals surface area contributed by atoms with E-state index in [0.717, 1.165) is 18.1 Å². The summed E-state index contributed by atoms with van der Waals surface area (Å²) in [5, 5.41) is 35.7. The van der Waals surface area contributed by atoms with Crippen molar-refractivity contribution in [2.24, 2.45) is 23.2 Å². The smallest absolute Gasteiger partial charge is 0.348 e. The minimum absolute atomic E-state index is 0.138. The first-order valence-corrected chi connectivity index (χ1v) is 20.3. The third-order valence-corrected chi connectivity index (χ3v) is 10.7. The fourth-order valence-electron chi connectivity index (χ4n) is 7.30. The summed E-state index contributed by atoms with van der Waals surface area (Å²) in [6.07, 6.45) is -4.24. The number of carboxylic acids is 1. The number of hydrogen-bond acceptors (Lipinski definition) is 15. The molecule has 4 unspecified atom stereocenters. The highest BCUT2D eigenvalue weighted by atomic mass is 16.8. The van der Waals surface area contributed by atoms with Crippen LogP contribution in [0.4, 0.5) is 0 Å². The van der Waals surface area contributed by atoms with Gasteiger partial charge in [-0.2, -0.15) is 0 Å². The van der Waals surface area contributed by atoms with Crippen molar-refractivity contribution in [3.05, 3.63) is 60.2 Å². The summed E-state index contributed by atoms with van der Waals surface area (Å²) in [7, 11) is 0. The zero-order valence-electron chi connectivity index (χ0n) is 36.1. The molecule has 0 spiro atoms. The van der Waals surface area contributed by atoms with E-state index in [-0.39, 0.29) is 36.9 Å². The quantitative estimate of drug-likeness (QED) is 0.0498. The Balaban J connectivity index is 2.16. The van der Waals surface area contributed by atoms with Gasteiger partial charge in [0.25, 0.3) is 0 Å². The molecule has 3 N–H and O–H groups in total.